The van der Waals surface area contributed by atoms with Gasteiger partial charge < -0.3 is 27.0 Å². The molecule has 19 heavy (non-hydrogen) atoms. The molecule has 0 spiro atoms. The maximum Gasteiger partial charge on any atom is 0.316 e. The third kappa shape index (κ3) is 4.74. The van der Waals surface area contributed by atoms with E-state index in [1.807, 2.05) is 0 Å². The van der Waals surface area contributed by atoms with E-state index in [4.69, 9.17) is 11.5 Å². The molecule has 0 aliphatic carbocycles. The van der Waals surface area contributed by atoms with Crippen LogP contribution in [0.1, 0.15) is 10.4 Å². The van der Waals surface area contributed by atoms with Gasteiger partial charge in [0.2, 0.25) is 0 Å². The fraction of sp³-hybridized carbons (Fsp3) is 0.333. The van der Waals surface area contributed by atoms with Crippen LogP contribution >= 0.6 is 0 Å². The van der Waals surface area contributed by atoms with E-state index < -0.39 is 0 Å². The molecule has 0 aliphatic heterocycles. The predicted octanol–water partition coefficient (Wildman–Crippen LogP) is -0.148. The summed E-state index contributed by atoms with van der Waals surface area (Å²) in [7, 11) is 3.28. The largest absolute Gasteiger partial charge is 0.399 e. The van der Waals surface area contributed by atoms with Crippen molar-refractivity contribution < 1.29 is 9.59 Å². The fourth-order valence-electron chi connectivity index (χ4n) is 1.41. The molecule has 7 nitrogen and oxygen atoms in total. The lowest BCUT2D eigenvalue weighted by Crippen LogP contribution is -2.39. The molecule has 0 aromatic heterocycles. The van der Waals surface area contributed by atoms with E-state index in [0.717, 1.165) is 0 Å². The molecule has 1 rings (SSSR count). The molecule has 0 radical (unpaired) electrons. The average molecular weight is 265 g/mol. The number of urea groups is 1. The van der Waals surface area contributed by atoms with Crippen molar-refractivity contribution in [2.45, 2.75) is 0 Å². The van der Waals surface area contributed by atoms with Gasteiger partial charge in [0.15, 0.2) is 0 Å². The molecular formula is C12H19N5O2. The Labute approximate surface area is 111 Å². The minimum absolute atomic E-state index is 0.206. The third-order valence-electron chi connectivity index (χ3n) is 2.33. The summed E-state index contributed by atoms with van der Waals surface area (Å²) in [6.07, 6.45) is 0. The second-order valence-electron chi connectivity index (χ2n) is 4.27. The van der Waals surface area contributed by atoms with Crippen LogP contribution in [-0.4, -0.2) is 44.0 Å². The number of nitrogens with one attached hydrogen (secondary N) is 2. The van der Waals surface area contributed by atoms with Crippen molar-refractivity contribution in [1.29, 1.82) is 0 Å². The zero-order valence-electron chi connectivity index (χ0n) is 11.1. The standard InChI is InChI=1S/C12H19N5O2/c1-17(2)12(19)16-4-3-15-11(18)8-5-9(13)7-10(14)6-8/h5-7H,3-4,13-14H2,1-2H3,(H,15,18)(H,16,19). The fourth-order valence-corrected chi connectivity index (χ4v) is 1.41. The molecule has 0 bridgehead atoms. The summed E-state index contributed by atoms with van der Waals surface area (Å²) in [5, 5.41) is 5.30. The van der Waals surface area contributed by atoms with Gasteiger partial charge in [-0.2, -0.15) is 0 Å². The van der Waals surface area contributed by atoms with Gasteiger partial charge in [0.05, 0.1) is 0 Å². The first-order valence-corrected chi connectivity index (χ1v) is 5.79. The number of carbonyl (C=O) groups is 2. The molecule has 7 heteroatoms. The average Bonchev–Trinajstić information content (AvgIpc) is 2.32. The van der Waals surface area contributed by atoms with Crippen LogP contribution in [0.15, 0.2) is 18.2 Å². The van der Waals surface area contributed by atoms with Crippen molar-refractivity contribution in [2.75, 3.05) is 38.7 Å². The minimum atomic E-state index is -0.280. The van der Waals surface area contributed by atoms with Gasteiger partial charge in [-0.1, -0.05) is 0 Å². The Kier molecular flexibility index (Phi) is 4.99. The summed E-state index contributed by atoms with van der Waals surface area (Å²) >= 11 is 0. The zero-order valence-corrected chi connectivity index (χ0v) is 11.1. The van der Waals surface area contributed by atoms with Gasteiger partial charge in [-0.25, -0.2) is 4.79 Å². The van der Waals surface area contributed by atoms with Crippen molar-refractivity contribution >= 4 is 23.3 Å². The number of amides is 3. The summed E-state index contributed by atoms with van der Waals surface area (Å²) in [5.74, 6) is -0.280. The number of nitrogens with zero attached hydrogens (tertiary/aromatic N) is 1. The topological polar surface area (TPSA) is 113 Å². The summed E-state index contributed by atoms with van der Waals surface area (Å²) in [4.78, 5) is 24.4. The number of hydrogen-bond acceptors (Lipinski definition) is 4. The lowest BCUT2D eigenvalue weighted by molar-refractivity contribution is 0.0953. The Morgan fingerprint density at radius 1 is 1.05 bits per heavy atom. The second-order valence-corrected chi connectivity index (χ2v) is 4.27. The highest BCUT2D eigenvalue weighted by Crippen LogP contribution is 2.13. The first kappa shape index (κ1) is 14.6. The molecule has 3 amide bonds. The maximum absolute atomic E-state index is 11.8. The lowest BCUT2D eigenvalue weighted by atomic mass is 10.1. The van der Waals surface area contributed by atoms with Crippen LogP contribution in [0, 0.1) is 0 Å². The van der Waals surface area contributed by atoms with Gasteiger partial charge >= 0.3 is 6.03 Å². The molecule has 0 unspecified atom stereocenters. The second kappa shape index (κ2) is 6.48. The molecule has 0 aliphatic rings. The molecule has 6 N–H and O–H groups in total. The number of benzene rings is 1. The predicted molar refractivity (Wildman–Crippen MR) is 74.7 cm³/mol. The van der Waals surface area contributed by atoms with Crippen molar-refractivity contribution in [3.8, 4) is 0 Å². The highest BCUT2D eigenvalue weighted by molar-refractivity contribution is 5.96. The molecule has 0 saturated heterocycles. The van der Waals surface area contributed by atoms with E-state index in [2.05, 4.69) is 10.6 Å². The van der Waals surface area contributed by atoms with Crippen LogP contribution in [0.4, 0.5) is 16.2 Å². The third-order valence-corrected chi connectivity index (χ3v) is 2.33. The zero-order chi connectivity index (χ0) is 14.4. The Morgan fingerprint density at radius 3 is 2.11 bits per heavy atom. The van der Waals surface area contributed by atoms with E-state index in [-0.39, 0.29) is 11.9 Å². The summed E-state index contributed by atoms with van der Waals surface area (Å²) < 4.78 is 0. The van der Waals surface area contributed by atoms with Crippen molar-refractivity contribution in [3.05, 3.63) is 23.8 Å². The summed E-state index contributed by atoms with van der Waals surface area (Å²) in [6, 6.07) is 4.46. The van der Waals surface area contributed by atoms with Crippen molar-refractivity contribution in [3.63, 3.8) is 0 Å². The summed E-state index contributed by atoms with van der Waals surface area (Å²) in [6.45, 7) is 0.674. The first-order chi connectivity index (χ1) is 8.90. The first-order valence-electron chi connectivity index (χ1n) is 5.79. The normalized spacial score (nSPS) is 9.79. The number of nitrogens with two attached hydrogens (primary N) is 2. The van der Waals surface area contributed by atoms with Crippen LogP contribution in [0.5, 0.6) is 0 Å². The minimum Gasteiger partial charge on any atom is -0.399 e. The van der Waals surface area contributed by atoms with E-state index in [1.54, 1.807) is 32.3 Å². The molecular weight excluding hydrogens is 246 g/mol. The lowest BCUT2D eigenvalue weighted by Gasteiger charge is -2.12. The number of anilines is 2. The number of carbonyl (C=O) groups excluding carboxylic acids is 2. The summed E-state index contributed by atoms with van der Waals surface area (Å²) in [5.41, 5.74) is 12.5. The van der Waals surface area contributed by atoms with E-state index >= 15 is 0 Å². The Bertz CT molecular complexity index is 453. The molecule has 1 aromatic rings. The van der Waals surface area contributed by atoms with Gasteiger partial charge in [-0.3, -0.25) is 4.79 Å². The quantitative estimate of drug-likeness (QED) is 0.448. The molecule has 0 atom stereocenters. The van der Waals surface area contributed by atoms with Gasteiger partial charge in [-0.15, -0.1) is 0 Å². The highest BCUT2D eigenvalue weighted by Gasteiger charge is 2.07. The number of rotatable bonds is 4. The van der Waals surface area contributed by atoms with E-state index in [9.17, 15) is 9.59 Å². The number of hydrogen-bond donors (Lipinski definition) is 4. The SMILES string of the molecule is CN(C)C(=O)NCCNC(=O)c1cc(N)cc(N)c1. The molecule has 0 saturated carbocycles. The number of nitrogen functional groups attached to an aromatic ring is 2. The highest BCUT2D eigenvalue weighted by atomic mass is 16.2. The molecule has 0 heterocycles. The monoisotopic (exact) mass is 265 g/mol. The smallest absolute Gasteiger partial charge is 0.316 e. The van der Waals surface area contributed by atoms with Crippen LogP contribution in [0.3, 0.4) is 0 Å². The van der Waals surface area contributed by atoms with Gasteiger partial charge in [0.25, 0.3) is 5.91 Å². The van der Waals surface area contributed by atoms with Crippen molar-refractivity contribution in [2.24, 2.45) is 0 Å². The van der Waals surface area contributed by atoms with Crippen LogP contribution < -0.4 is 22.1 Å². The van der Waals surface area contributed by atoms with E-state index in [1.165, 1.54) is 4.90 Å². The molecule has 1 aromatic carbocycles. The van der Waals surface area contributed by atoms with E-state index in [0.29, 0.717) is 30.0 Å². The van der Waals surface area contributed by atoms with Gasteiger partial charge in [-0.05, 0) is 18.2 Å². The van der Waals surface area contributed by atoms with Crippen LogP contribution in [0.25, 0.3) is 0 Å². The van der Waals surface area contributed by atoms with Gasteiger partial charge in [0, 0.05) is 44.1 Å². The Hall–Kier alpha value is -2.44. The molecule has 0 fully saturated rings. The van der Waals surface area contributed by atoms with Gasteiger partial charge in [0.1, 0.15) is 0 Å². The maximum atomic E-state index is 11.8. The van der Waals surface area contributed by atoms with Crippen LogP contribution in [-0.2, 0) is 0 Å². The Morgan fingerprint density at radius 2 is 1.58 bits per heavy atom. The van der Waals surface area contributed by atoms with Crippen molar-refractivity contribution in [1.82, 2.24) is 15.5 Å². The van der Waals surface area contributed by atoms with Crippen LogP contribution in [0.2, 0.25) is 0 Å². The Balaban J connectivity index is 2.41. The molecule has 104 valence electrons.